The van der Waals surface area contributed by atoms with Crippen molar-refractivity contribution in [1.82, 2.24) is 0 Å². The molecule has 15 heavy (non-hydrogen) atoms. The molecule has 0 amide bonds. The van der Waals surface area contributed by atoms with Gasteiger partial charge < -0.3 is 0 Å². The third-order valence-corrected chi connectivity index (χ3v) is 3.68. The van der Waals surface area contributed by atoms with Gasteiger partial charge in [-0.25, -0.2) is 0 Å². The lowest BCUT2D eigenvalue weighted by Crippen LogP contribution is -1.83. The number of aryl methyl sites for hydroxylation is 1. The van der Waals surface area contributed by atoms with Crippen LogP contribution >= 0.6 is 23.1 Å². The highest BCUT2D eigenvalue weighted by atomic mass is 32.2. The molecule has 0 N–H and O–H groups in total. The number of hydrogen-bond donors (Lipinski definition) is 0. The second-order valence-electron chi connectivity index (χ2n) is 3.30. The van der Waals surface area contributed by atoms with Crippen LogP contribution in [0.4, 0.5) is 0 Å². The Labute approximate surface area is 101 Å². The zero-order chi connectivity index (χ0) is 10.8. The van der Waals surface area contributed by atoms with Gasteiger partial charge in [0.25, 0.3) is 0 Å². The molecule has 0 unspecified atom stereocenters. The summed E-state index contributed by atoms with van der Waals surface area (Å²) in [5, 5.41) is 2.16. The average molecular weight is 238 g/mol. The molecular weight excluding hydrogens is 220 g/mol. The van der Waals surface area contributed by atoms with Crippen LogP contribution in [-0.4, -0.2) is 12.0 Å². The van der Waals surface area contributed by atoms with Gasteiger partial charge in [0.15, 0.2) is 0 Å². The Balaban J connectivity index is 2.50. The van der Waals surface area contributed by atoms with Crippen molar-refractivity contribution in [2.45, 2.75) is 19.3 Å². The van der Waals surface area contributed by atoms with Crippen molar-refractivity contribution in [2.75, 3.05) is 12.0 Å². The van der Waals surface area contributed by atoms with Crippen molar-refractivity contribution in [3.05, 3.63) is 46.7 Å². The van der Waals surface area contributed by atoms with Crippen LogP contribution < -0.4 is 0 Å². The number of rotatable bonds is 5. The van der Waals surface area contributed by atoms with E-state index >= 15 is 0 Å². The number of unbranched alkanes of at least 4 members (excludes halogenated alkanes) is 1. The topological polar surface area (TPSA) is 0 Å². The van der Waals surface area contributed by atoms with E-state index in [1.807, 2.05) is 23.1 Å². The van der Waals surface area contributed by atoms with Gasteiger partial charge in [0.2, 0.25) is 0 Å². The Morgan fingerprint density at radius 3 is 2.73 bits per heavy atom. The van der Waals surface area contributed by atoms with E-state index in [-0.39, 0.29) is 0 Å². The van der Waals surface area contributed by atoms with Gasteiger partial charge in [0.1, 0.15) is 0 Å². The van der Waals surface area contributed by atoms with Crippen molar-refractivity contribution in [2.24, 2.45) is 0 Å². The normalized spacial score (nSPS) is 9.67. The molecule has 1 rings (SSSR count). The first-order chi connectivity index (χ1) is 7.43. The first-order valence-electron chi connectivity index (χ1n) is 5.28. The summed E-state index contributed by atoms with van der Waals surface area (Å²) >= 11 is 3.77. The summed E-state index contributed by atoms with van der Waals surface area (Å²) < 4.78 is 0. The fourth-order valence-electron chi connectivity index (χ4n) is 1.25. The van der Waals surface area contributed by atoms with Crippen molar-refractivity contribution < 1.29 is 0 Å². The smallest absolute Gasteiger partial charge is 0.00449 e. The SMILES string of the molecule is CSCCCCc1cccccccs1. The third-order valence-electron chi connectivity index (χ3n) is 2.05. The second-order valence-corrected chi connectivity index (χ2v) is 5.32. The highest BCUT2D eigenvalue weighted by Gasteiger charge is 1.90. The summed E-state index contributed by atoms with van der Waals surface area (Å²) in [6, 6.07) is 12.6. The van der Waals surface area contributed by atoms with Crippen LogP contribution in [0.5, 0.6) is 0 Å². The summed E-state index contributed by atoms with van der Waals surface area (Å²) in [5.74, 6) is 1.28. The monoisotopic (exact) mass is 238 g/mol. The van der Waals surface area contributed by atoms with Gasteiger partial charge in [-0.1, -0.05) is 30.3 Å². The Hall–Kier alpha value is -0.470. The number of hydrogen-bond acceptors (Lipinski definition) is 2. The largest absolute Gasteiger partial charge is 0.165 e. The summed E-state index contributed by atoms with van der Waals surface area (Å²) in [6.45, 7) is 0. The molecule has 0 aliphatic carbocycles. The molecule has 0 aliphatic heterocycles. The quantitative estimate of drug-likeness (QED) is 0.678. The minimum atomic E-state index is 1.21. The molecule has 0 bridgehead atoms. The molecule has 0 radical (unpaired) electrons. The molecule has 2 heteroatoms. The van der Waals surface area contributed by atoms with Crippen LogP contribution in [0.1, 0.15) is 17.7 Å². The second kappa shape index (κ2) is 8.81. The lowest BCUT2D eigenvalue weighted by molar-refractivity contribution is 0.812. The molecule has 0 spiro atoms. The predicted octanol–water partition coefficient (Wildman–Crippen LogP) is 4.56. The van der Waals surface area contributed by atoms with E-state index in [2.05, 4.69) is 48.0 Å². The van der Waals surface area contributed by atoms with Gasteiger partial charge in [0.05, 0.1) is 0 Å². The zero-order valence-electron chi connectivity index (χ0n) is 9.19. The van der Waals surface area contributed by atoms with E-state index in [1.165, 1.54) is 29.9 Å². The van der Waals surface area contributed by atoms with Gasteiger partial charge in [-0.2, -0.15) is 11.8 Å². The van der Waals surface area contributed by atoms with Crippen molar-refractivity contribution in [3.63, 3.8) is 0 Å². The van der Waals surface area contributed by atoms with Gasteiger partial charge in [-0.3, -0.25) is 0 Å². The van der Waals surface area contributed by atoms with E-state index in [0.29, 0.717) is 0 Å². The van der Waals surface area contributed by atoms with Crippen LogP contribution in [0.3, 0.4) is 0 Å². The minimum absolute atomic E-state index is 1.21. The summed E-state index contributed by atoms with van der Waals surface area (Å²) in [6.07, 6.45) is 6.00. The zero-order valence-corrected chi connectivity index (χ0v) is 10.8. The molecule has 82 valence electrons. The number of thioether (sulfide) groups is 1. The van der Waals surface area contributed by atoms with Gasteiger partial charge in [-0.05, 0) is 42.7 Å². The van der Waals surface area contributed by atoms with Crippen LogP contribution in [0.25, 0.3) is 0 Å². The van der Waals surface area contributed by atoms with E-state index < -0.39 is 0 Å². The van der Waals surface area contributed by atoms with Crippen molar-refractivity contribution >= 4 is 23.1 Å². The molecule has 0 atom stereocenters. The maximum atomic E-state index is 2.23. The maximum Gasteiger partial charge on any atom is 0.00449 e. The summed E-state index contributed by atoms with van der Waals surface area (Å²) in [5.41, 5.74) is 0. The molecule has 0 fully saturated rings. The third kappa shape index (κ3) is 6.58. The van der Waals surface area contributed by atoms with Crippen molar-refractivity contribution in [1.29, 1.82) is 0 Å². The molecule has 1 aromatic rings. The van der Waals surface area contributed by atoms with E-state index in [0.717, 1.165) is 0 Å². The molecule has 0 saturated heterocycles. The van der Waals surface area contributed by atoms with E-state index in [9.17, 15) is 0 Å². The highest BCUT2D eigenvalue weighted by Crippen LogP contribution is 2.09. The Bertz CT molecular complexity index is 279. The maximum absolute atomic E-state index is 2.23. The van der Waals surface area contributed by atoms with Crippen LogP contribution in [0.2, 0.25) is 0 Å². The lowest BCUT2D eigenvalue weighted by atomic mass is 10.2. The Kier molecular flexibility index (Phi) is 7.40. The molecule has 0 saturated carbocycles. The van der Waals surface area contributed by atoms with Crippen molar-refractivity contribution in [3.8, 4) is 0 Å². The van der Waals surface area contributed by atoms with Crippen LogP contribution in [0.15, 0.2) is 41.8 Å². The predicted molar refractivity (Wildman–Crippen MR) is 73.3 cm³/mol. The standard InChI is InChI=1S/C13H18S2/c1-14-11-8-6-10-13-9-5-3-2-4-7-12-15-13/h2-5,7,9,12H,6,8,10-11H2,1H3. The summed E-state index contributed by atoms with van der Waals surface area (Å²) in [4.78, 5) is 1.47. The molecule has 1 aromatic heterocycles. The molecular formula is C13H18S2. The Morgan fingerprint density at radius 2 is 1.87 bits per heavy atom. The van der Waals surface area contributed by atoms with Gasteiger partial charge >= 0.3 is 0 Å². The summed E-state index contributed by atoms with van der Waals surface area (Å²) in [7, 11) is 0. The minimum Gasteiger partial charge on any atom is -0.165 e. The molecule has 0 aliphatic rings. The molecule has 0 aromatic carbocycles. The van der Waals surface area contributed by atoms with E-state index in [4.69, 9.17) is 0 Å². The van der Waals surface area contributed by atoms with Crippen LogP contribution in [0, 0.1) is 0 Å². The van der Waals surface area contributed by atoms with Gasteiger partial charge in [0, 0.05) is 4.88 Å². The highest BCUT2D eigenvalue weighted by molar-refractivity contribution is 7.98. The first-order valence-corrected chi connectivity index (χ1v) is 7.55. The van der Waals surface area contributed by atoms with E-state index in [1.54, 1.807) is 0 Å². The fourth-order valence-corrected chi connectivity index (χ4v) is 2.51. The van der Waals surface area contributed by atoms with Gasteiger partial charge in [-0.15, -0.1) is 11.3 Å². The average Bonchev–Trinajstić information content (AvgIpc) is 2.38. The van der Waals surface area contributed by atoms with Crippen LogP contribution in [-0.2, 0) is 6.42 Å². The lowest BCUT2D eigenvalue weighted by Gasteiger charge is -1.97. The fraction of sp³-hybridized carbons (Fsp3) is 0.385. The first kappa shape index (κ1) is 12.6. The Morgan fingerprint density at radius 1 is 1.07 bits per heavy atom. The molecule has 0 nitrogen and oxygen atoms in total. The molecule has 1 heterocycles.